The molecule has 1 saturated heterocycles. The molecule has 106 valence electrons. The first-order valence-corrected chi connectivity index (χ1v) is 6.62. The van der Waals surface area contributed by atoms with E-state index in [2.05, 4.69) is 4.98 Å². The number of fused-ring (bicyclic) bond motifs is 1. The maximum atomic E-state index is 14.5. The largest absolute Gasteiger partial charge is 0.498 e. The lowest BCUT2D eigenvalue weighted by atomic mass is 9.78. The number of halogens is 1. The topological polar surface area (TPSA) is 44.5 Å². The van der Waals surface area contributed by atoms with Crippen LogP contribution < -0.4 is 5.46 Å². The van der Waals surface area contributed by atoms with Crippen LogP contribution in [0.15, 0.2) is 16.5 Å². The van der Waals surface area contributed by atoms with Crippen molar-refractivity contribution in [3.63, 3.8) is 0 Å². The van der Waals surface area contributed by atoms with E-state index in [1.807, 2.05) is 27.7 Å². The van der Waals surface area contributed by atoms with E-state index in [1.54, 1.807) is 19.1 Å². The van der Waals surface area contributed by atoms with Crippen molar-refractivity contribution in [2.75, 3.05) is 0 Å². The summed E-state index contributed by atoms with van der Waals surface area (Å²) in [6.45, 7) is 9.42. The molecule has 0 N–H and O–H groups in total. The van der Waals surface area contributed by atoms with Gasteiger partial charge in [0.25, 0.3) is 0 Å². The van der Waals surface area contributed by atoms with Gasteiger partial charge in [-0.3, -0.25) is 0 Å². The SMILES string of the molecule is Cc1nc2ccc(B3OC(C)(C)C(C)(C)O3)c(F)c2o1. The van der Waals surface area contributed by atoms with E-state index in [0.29, 0.717) is 16.9 Å². The molecule has 1 aromatic heterocycles. The molecule has 1 aromatic carbocycles. The number of aryl methyl sites for hydroxylation is 1. The number of nitrogens with zero attached hydrogens (tertiary/aromatic N) is 1. The van der Waals surface area contributed by atoms with Crippen molar-refractivity contribution >= 4 is 23.7 Å². The van der Waals surface area contributed by atoms with Gasteiger partial charge in [-0.2, -0.15) is 0 Å². The average molecular weight is 277 g/mol. The first-order chi connectivity index (χ1) is 9.21. The molecule has 6 heteroatoms. The highest BCUT2D eigenvalue weighted by molar-refractivity contribution is 6.62. The van der Waals surface area contributed by atoms with E-state index < -0.39 is 24.1 Å². The Morgan fingerprint density at radius 1 is 1.10 bits per heavy atom. The molecule has 0 aliphatic carbocycles. The minimum atomic E-state index is -0.741. The standard InChI is InChI=1S/C14H17BFNO3/c1-8-17-10-7-6-9(11(16)12(10)18-8)15-19-13(2,3)14(4,5)20-15/h6-7H,1-5H3. The van der Waals surface area contributed by atoms with Gasteiger partial charge in [-0.25, -0.2) is 9.37 Å². The lowest BCUT2D eigenvalue weighted by Crippen LogP contribution is -2.41. The molecule has 0 amide bonds. The summed E-state index contributed by atoms with van der Waals surface area (Å²) in [6, 6.07) is 3.36. The van der Waals surface area contributed by atoms with Gasteiger partial charge in [-0.05, 0) is 33.8 Å². The van der Waals surface area contributed by atoms with E-state index in [0.717, 1.165) is 0 Å². The van der Waals surface area contributed by atoms with Crippen LogP contribution in [0.2, 0.25) is 0 Å². The molecular weight excluding hydrogens is 260 g/mol. The Labute approximate surface area is 117 Å². The van der Waals surface area contributed by atoms with Gasteiger partial charge in [0.05, 0.1) is 11.2 Å². The molecule has 3 rings (SSSR count). The third-order valence-electron chi connectivity index (χ3n) is 4.14. The monoisotopic (exact) mass is 277 g/mol. The van der Waals surface area contributed by atoms with Crippen LogP contribution in [-0.2, 0) is 9.31 Å². The summed E-state index contributed by atoms with van der Waals surface area (Å²) in [5, 5.41) is 0. The Balaban J connectivity index is 2.06. The number of oxazole rings is 1. The van der Waals surface area contributed by atoms with E-state index in [4.69, 9.17) is 13.7 Å². The third kappa shape index (κ3) is 1.86. The predicted octanol–water partition coefficient (Wildman–Crippen LogP) is 2.57. The highest BCUT2D eigenvalue weighted by atomic mass is 19.1. The molecular formula is C14H17BFNO3. The molecule has 0 radical (unpaired) electrons. The normalized spacial score (nSPS) is 20.8. The van der Waals surface area contributed by atoms with Crippen LogP contribution in [0.4, 0.5) is 4.39 Å². The van der Waals surface area contributed by atoms with E-state index >= 15 is 0 Å². The molecule has 1 aliphatic heterocycles. The van der Waals surface area contributed by atoms with Crippen molar-refractivity contribution in [3.8, 4) is 0 Å². The Morgan fingerprint density at radius 3 is 2.30 bits per heavy atom. The molecule has 2 aromatic rings. The van der Waals surface area contributed by atoms with Crippen LogP contribution in [0.1, 0.15) is 33.6 Å². The molecule has 0 unspecified atom stereocenters. The fraction of sp³-hybridized carbons (Fsp3) is 0.500. The van der Waals surface area contributed by atoms with Crippen molar-refractivity contribution in [2.24, 2.45) is 0 Å². The highest BCUT2D eigenvalue weighted by Crippen LogP contribution is 2.36. The van der Waals surface area contributed by atoms with Crippen LogP contribution in [0.25, 0.3) is 11.1 Å². The molecule has 0 saturated carbocycles. The van der Waals surface area contributed by atoms with Crippen LogP contribution in [0.3, 0.4) is 0 Å². The van der Waals surface area contributed by atoms with Crippen LogP contribution in [0.5, 0.6) is 0 Å². The summed E-state index contributed by atoms with van der Waals surface area (Å²) in [6.07, 6.45) is 0. The van der Waals surface area contributed by atoms with Crippen LogP contribution in [-0.4, -0.2) is 23.3 Å². The summed E-state index contributed by atoms with van der Waals surface area (Å²) >= 11 is 0. The van der Waals surface area contributed by atoms with Crippen LogP contribution >= 0.6 is 0 Å². The van der Waals surface area contributed by atoms with Gasteiger partial charge < -0.3 is 13.7 Å². The summed E-state index contributed by atoms with van der Waals surface area (Å²) in [4.78, 5) is 4.11. The van der Waals surface area contributed by atoms with Gasteiger partial charge in [0, 0.05) is 12.4 Å². The average Bonchev–Trinajstić information content (AvgIpc) is 2.78. The summed E-state index contributed by atoms with van der Waals surface area (Å²) in [7, 11) is -0.741. The maximum Gasteiger partial charge on any atom is 0.498 e. The molecule has 0 bridgehead atoms. The highest BCUT2D eigenvalue weighted by Gasteiger charge is 2.52. The first kappa shape index (κ1) is 13.6. The minimum absolute atomic E-state index is 0.148. The second kappa shape index (κ2) is 4.05. The number of hydrogen-bond donors (Lipinski definition) is 0. The summed E-state index contributed by atoms with van der Waals surface area (Å²) in [5.74, 6) is -0.0356. The lowest BCUT2D eigenvalue weighted by molar-refractivity contribution is 0.00578. The molecule has 1 aliphatic rings. The second-order valence-electron chi connectivity index (χ2n) is 6.14. The first-order valence-electron chi connectivity index (χ1n) is 6.62. The second-order valence-corrected chi connectivity index (χ2v) is 6.14. The third-order valence-corrected chi connectivity index (χ3v) is 4.14. The van der Waals surface area contributed by atoms with E-state index in [-0.39, 0.29) is 5.58 Å². The predicted molar refractivity (Wildman–Crippen MR) is 74.4 cm³/mol. The van der Waals surface area contributed by atoms with Gasteiger partial charge in [0.1, 0.15) is 5.52 Å². The minimum Gasteiger partial charge on any atom is -0.438 e. The maximum absolute atomic E-state index is 14.5. The fourth-order valence-corrected chi connectivity index (χ4v) is 2.24. The summed E-state index contributed by atoms with van der Waals surface area (Å²) < 4.78 is 31.6. The number of rotatable bonds is 1. The summed E-state index contributed by atoms with van der Waals surface area (Å²) in [5.41, 5.74) is -0.0189. The Morgan fingerprint density at radius 2 is 1.70 bits per heavy atom. The molecule has 20 heavy (non-hydrogen) atoms. The molecule has 2 heterocycles. The molecule has 1 fully saturated rings. The quantitative estimate of drug-likeness (QED) is 0.751. The fourth-order valence-electron chi connectivity index (χ4n) is 2.24. The van der Waals surface area contributed by atoms with Gasteiger partial charge >= 0.3 is 7.12 Å². The van der Waals surface area contributed by atoms with Gasteiger partial charge in [0.2, 0.25) is 0 Å². The zero-order valence-electron chi connectivity index (χ0n) is 12.3. The van der Waals surface area contributed by atoms with Crippen molar-refractivity contribution < 1.29 is 18.1 Å². The van der Waals surface area contributed by atoms with Crippen molar-refractivity contribution in [2.45, 2.75) is 45.8 Å². The number of aromatic nitrogens is 1. The molecule has 4 nitrogen and oxygen atoms in total. The molecule has 0 spiro atoms. The Bertz CT molecular complexity index is 664. The smallest absolute Gasteiger partial charge is 0.438 e. The van der Waals surface area contributed by atoms with Gasteiger partial charge in [0.15, 0.2) is 17.3 Å². The van der Waals surface area contributed by atoms with E-state index in [9.17, 15) is 4.39 Å². The Kier molecular flexibility index (Phi) is 2.75. The van der Waals surface area contributed by atoms with Gasteiger partial charge in [-0.1, -0.05) is 6.07 Å². The Hall–Kier alpha value is -1.40. The van der Waals surface area contributed by atoms with Gasteiger partial charge in [-0.15, -0.1) is 0 Å². The molecule has 0 atom stereocenters. The van der Waals surface area contributed by atoms with Crippen molar-refractivity contribution in [1.29, 1.82) is 0 Å². The van der Waals surface area contributed by atoms with E-state index in [1.165, 1.54) is 0 Å². The van der Waals surface area contributed by atoms with Crippen molar-refractivity contribution in [1.82, 2.24) is 4.98 Å². The zero-order chi connectivity index (χ0) is 14.7. The van der Waals surface area contributed by atoms with Crippen molar-refractivity contribution in [3.05, 3.63) is 23.8 Å². The zero-order valence-corrected chi connectivity index (χ0v) is 12.3. The number of hydrogen-bond acceptors (Lipinski definition) is 4. The number of benzene rings is 1. The lowest BCUT2D eigenvalue weighted by Gasteiger charge is -2.32. The van der Waals surface area contributed by atoms with Crippen LogP contribution in [0, 0.1) is 12.7 Å².